The molecule has 1 spiro atoms. The number of urea groups is 1. The fraction of sp³-hybridized carbons (Fsp3) is 0.500. The molecule has 0 N–H and O–H groups in total. The van der Waals surface area contributed by atoms with Crippen molar-refractivity contribution in [2.24, 2.45) is 5.92 Å². The van der Waals surface area contributed by atoms with Crippen molar-refractivity contribution in [3.8, 4) is 0 Å². The van der Waals surface area contributed by atoms with Gasteiger partial charge in [0.2, 0.25) is 0 Å². The second-order valence-electron chi connectivity index (χ2n) is 8.44. The van der Waals surface area contributed by atoms with Crippen molar-refractivity contribution >= 4 is 23.3 Å². The largest absolute Gasteiger partial charge is 0.328 e. The van der Waals surface area contributed by atoms with Gasteiger partial charge in [0.1, 0.15) is 5.54 Å². The number of nitrogens with zero attached hydrogens (tertiary/aromatic N) is 4. The van der Waals surface area contributed by atoms with Gasteiger partial charge in [-0.2, -0.15) is 11.3 Å². The molecule has 2 aromatic heterocycles. The summed E-state index contributed by atoms with van der Waals surface area (Å²) in [6.45, 7) is 7.59. The van der Waals surface area contributed by atoms with Crippen LogP contribution in [0.2, 0.25) is 0 Å². The molecule has 0 saturated carbocycles. The summed E-state index contributed by atoms with van der Waals surface area (Å²) >= 11 is 1.71. The minimum Gasteiger partial charge on any atom is -0.309 e. The van der Waals surface area contributed by atoms with Crippen LogP contribution in [0.1, 0.15) is 37.9 Å². The third-order valence-corrected chi connectivity index (χ3v) is 6.62. The maximum absolute atomic E-state index is 13.5. The van der Waals surface area contributed by atoms with Crippen molar-refractivity contribution in [3.63, 3.8) is 0 Å². The first-order chi connectivity index (χ1) is 14.0. The molecule has 4 heterocycles. The highest BCUT2D eigenvalue weighted by atomic mass is 32.1. The Balaban J connectivity index is 1.53. The van der Waals surface area contributed by atoms with Crippen LogP contribution < -0.4 is 0 Å². The van der Waals surface area contributed by atoms with Gasteiger partial charge in [-0.25, -0.2) is 4.79 Å². The quantitative estimate of drug-likeness (QED) is 0.681. The van der Waals surface area contributed by atoms with E-state index in [1.54, 1.807) is 17.5 Å². The zero-order valence-electron chi connectivity index (χ0n) is 17.1. The van der Waals surface area contributed by atoms with Gasteiger partial charge in [-0.1, -0.05) is 19.9 Å². The Kier molecular flexibility index (Phi) is 5.69. The molecular formula is C22H28N4O2S. The van der Waals surface area contributed by atoms with Crippen LogP contribution >= 0.6 is 11.3 Å². The predicted octanol–water partition coefficient (Wildman–Crippen LogP) is 3.60. The van der Waals surface area contributed by atoms with Crippen molar-refractivity contribution in [1.82, 2.24) is 19.7 Å². The lowest BCUT2D eigenvalue weighted by molar-refractivity contribution is -0.136. The van der Waals surface area contributed by atoms with Crippen molar-refractivity contribution in [1.29, 1.82) is 0 Å². The lowest BCUT2D eigenvalue weighted by Crippen LogP contribution is -2.57. The highest BCUT2D eigenvalue weighted by Gasteiger charge is 2.57. The predicted molar refractivity (Wildman–Crippen MR) is 113 cm³/mol. The highest BCUT2D eigenvalue weighted by Crippen LogP contribution is 2.38. The molecule has 4 rings (SSSR count). The van der Waals surface area contributed by atoms with Crippen LogP contribution in [-0.4, -0.2) is 56.8 Å². The van der Waals surface area contributed by atoms with E-state index in [1.807, 2.05) is 23.1 Å². The van der Waals surface area contributed by atoms with E-state index in [4.69, 9.17) is 0 Å². The van der Waals surface area contributed by atoms with Crippen LogP contribution in [0, 0.1) is 5.92 Å². The lowest BCUT2D eigenvalue weighted by Gasteiger charge is -2.42. The summed E-state index contributed by atoms with van der Waals surface area (Å²) in [6, 6.07) is 7.58. The Morgan fingerprint density at radius 3 is 2.55 bits per heavy atom. The first-order valence-electron chi connectivity index (χ1n) is 10.3. The SMILES string of the molecule is CC(C)CN1C(=O)N(Cc2ccccn2)C(=O)C12CCN(Cc1ccsc1)CC2. The van der Waals surface area contributed by atoms with Gasteiger partial charge in [-0.05, 0) is 53.3 Å². The molecule has 2 aliphatic heterocycles. The van der Waals surface area contributed by atoms with E-state index in [0.29, 0.717) is 25.3 Å². The van der Waals surface area contributed by atoms with E-state index in [1.165, 1.54) is 10.5 Å². The highest BCUT2D eigenvalue weighted by molar-refractivity contribution is 7.07. The van der Waals surface area contributed by atoms with Crippen molar-refractivity contribution in [3.05, 3.63) is 52.5 Å². The molecule has 29 heavy (non-hydrogen) atoms. The number of piperidine rings is 1. The van der Waals surface area contributed by atoms with Crippen LogP contribution in [-0.2, 0) is 17.9 Å². The van der Waals surface area contributed by atoms with E-state index < -0.39 is 5.54 Å². The van der Waals surface area contributed by atoms with E-state index in [0.717, 1.165) is 25.3 Å². The number of thiophene rings is 1. The molecule has 2 saturated heterocycles. The van der Waals surface area contributed by atoms with Crippen LogP contribution in [0.5, 0.6) is 0 Å². The fourth-order valence-corrected chi connectivity index (χ4v) is 5.06. The summed E-state index contributed by atoms with van der Waals surface area (Å²) < 4.78 is 0. The summed E-state index contributed by atoms with van der Waals surface area (Å²) in [5.41, 5.74) is 1.35. The third kappa shape index (κ3) is 3.94. The van der Waals surface area contributed by atoms with Gasteiger partial charge in [-0.3, -0.25) is 19.6 Å². The zero-order valence-corrected chi connectivity index (χ0v) is 17.9. The number of carbonyl (C=O) groups excluding carboxylic acids is 2. The smallest absolute Gasteiger partial charge is 0.309 e. The summed E-state index contributed by atoms with van der Waals surface area (Å²) in [7, 11) is 0. The van der Waals surface area contributed by atoms with Gasteiger partial charge in [0.15, 0.2) is 0 Å². The van der Waals surface area contributed by atoms with Crippen LogP contribution in [0.4, 0.5) is 4.79 Å². The number of carbonyl (C=O) groups is 2. The summed E-state index contributed by atoms with van der Waals surface area (Å²) in [4.78, 5) is 36.8. The summed E-state index contributed by atoms with van der Waals surface area (Å²) in [6.07, 6.45) is 3.07. The normalized spacial score (nSPS) is 19.7. The Morgan fingerprint density at radius 1 is 1.14 bits per heavy atom. The number of amides is 3. The molecule has 6 nitrogen and oxygen atoms in total. The van der Waals surface area contributed by atoms with Crippen molar-refractivity contribution in [2.75, 3.05) is 19.6 Å². The van der Waals surface area contributed by atoms with Gasteiger partial charge in [0.05, 0.1) is 12.2 Å². The molecule has 7 heteroatoms. The summed E-state index contributed by atoms with van der Waals surface area (Å²) in [5, 5.41) is 4.27. The monoisotopic (exact) mass is 412 g/mol. The first-order valence-corrected chi connectivity index (χ1v) is 11.2. The number of likely N-dealkylation sites (tertiary alicyclic amines) is 1. The molecule has 0 atom stereocenters. The van der Waals surface area contributed by atoms with E-state index >= 15 is 0 Å². The third-order valence-electron chi connectivity index (χ3n) is 5.89. The van der Waals surface area contributed by atoms with E-state index in [9.17, 15) is 9.59 Å². The minimum absolute atomic E-state index is 0.0519. The number of hydrogen-bond acceptors (Lipinski definition) is 5. The number of aromatic nitrogens is 1. The van der Waals surface area contributed by atoms with Gasteiger partial charge >= 0.3 is 6.03 Å². The number of imide groups is 1. The van der Waals surface area contributed by atoms with Crippen molar-refractivity contribution in [2.45, 2.75) is 45.3 Å². The van der Waals surface area contributed by atoms with E-state index in [2.05, 4.69) is 40.6 Å². The molecular weight excluding hydrogens is 384 g/mol. The molecule has 154 valence electrons. The molecule has 0 aliphatic carbocycles. The standard InChI is InChI=1S/C22H28N4O2S/c1-17(2)13-26-21(28)25(15-19-5-3-4-9-23-19)20(27)22(26)7-10-24(11-8-22)14-18-6-12-29-16-18/h3-6,9,12,16-17H,7-8,10-11,13-15H2,1-2H3. The topological polar surface area (TPSA) is 56.8 Å². The molecule has 3 amide bonds. The van der Waals surface area contributed by atoms with Gasteiger partial charge in [0, 0.05) is 32.4 Å². The molecule has 2 aliphatic rings. The number of hydrogen-bond donors (Lipinski definition) is 0. The summed E-state index contributed by atoms with van der Waals surface area (Å²) in [5.74, 6) is 0.256. The number of rotatable bonds is 6. The maximum Gasteiger partial charge on any atom is 0.328 e. The second-order valence-corrected chi connectivity index (χ2v) is 9.22. The maximum atomic E-state index is 13.5. The molecule has 0 unspecified atom stereocenters. The van der Waals surface area contributed by atoms with Gasteiger partial charge in [0.25, 0.3) is 5.91 Å². The van der Waals surface area contributed by atoms with Gasteiger partial charge < -0.3 is 4.90 Å². The van der Waals surface area contributed by atoms with Crippen LogP contribution in [0.15, 0.2) is 41.2 Å². The van der Waals surface area contributed by atoms with Crippen LogP contribution in [0.25, 0.3) is 0 Å². The van der Waals surface area contributed by atoms with Gasteiger partial charge in [-0.15, -0.1) is 0 Å². The Labute approximate surface area is 176 Å². The Morgan fingerprint density at radius 2 is 1.93 bits per heavy atom. The molecule has 2 aromatic rings. The molecule has 2 fully saturated rings. The zero-order chi connectivity index (χ0) is 20.4. The average molecular weight is 413 g/mol. The molecule has 0 bridgehead atoms. The average Bonchev–Trinajstić information content (AvgIpc) is 3.29. The fourth-order valence-electron chi connectivity index (χ4n) is 4.40. The Hall–Kier alpha value is -2.25. The molecule has 0 radical (unpaired) electrons. The van der Waals surface area contributed by atoms with E-state index in [-0.39, 0.29) is 18.5 Å². The number of pyridine rings is 1. The first kappa shape index (κ1) is 20.0. The lowest BCUT2D eigenvalue weighted by atomic mass is 9.85. The Bertz CT molecular complexity index is 845. The molecule has 0 aromatic carbocycles. The van der Waals surface area contributed by atoms with Crippen LogP contribution in [0.3, 0.4) is 0 Å². The minimum atomic E-state index is -0.707. The van der Waals surface area contributed by atoms with Crippen molar-refractivity contribution < 1.29 is 9.59 Å². The second kappa shape index (κ2) is 8.24.